The highest BCUT2D eigenvalue weighted by molar-refractivity contribution is 8.00. The second-order valence-corrected chi connectivity index (χ2v) is 8.05. The Morgan fingerprint density at radius 3 is 2.32 bits per heavy atom. The van der Waals surface area contributed by atoms with Gasteiger partial charge in [0.2, 0.25) is 0 Å². The number of carbonyl (C=O) groups is 1. The lowest BCUT2D eigenvalue weighted by Gasteiger charge is -2.26. The van der Waals surface area contributed by atoms with Crippen molar-refractivity contribution in [1.29, 1.82) is 0 Å². The van der Waals surface area contributed by atoms with Crippen LogP contribution in [0.5, 0.6) is 0 Å². The fraction of sp³-hybridized carbons (Fsp3) is 0.0385. The molecular formula is C26H18OS. The van der Waals surface area contributed by atoms with Crippen LogP contribution >= 0.6 is 11.8 Å². The Morgan fingerprint density at radius 1 is 0.714 bits per heavy atom. The van der Waals surface area contributed by atoms with Crippen LogP contribution in [0.1, 0.15) is 26.7 Å². The van der Waals surface area contributed by atoms with E-state index in [1.165, 1.54) is 21.2 Å². The smallest absolute Gasteiger partial charge is 0.190 e. The van der Waals surface area contributed by atoms with Crippen LogP contribution in [0.4, 0.5) is 0 Å². The molecule has 2 heteroatoms. The highest BCUT2D eigenvalue weighted by Gasteiger charge is 2.29. The number of ketones is 1. The maximum absolute atomic E-state index is 13.4. The molecule has 1 aliphatic heterocycles. The van der Waals surface area contributed by atoms with Gasteiger partial charge in [0.1, 0.15) is 0 Å². The maximum Gasteiger partial charge on any atom is 0.190 e. The number of thioether (sulfide) groups is 1. The van der Waals surface area contributed by atoms with Crippen molar-refractivity contribution in [3.8, 4) is 0 Å². The van der Waals surface area contributed by atoms with Gasteiger partial charge in [-0.3, -0.25) is 4.79 Å². The van der Waals surface area contributed by atoms with Gasteiger partial charge in [-0.15, -0.1) is 11.8 Å². The zero-order chi connectivity index (χ0) is 18.9. The summed E-state index contributed by atoms with van der Waals surface area (Å²) in [7, 11) is 0. The first-order valence-corrected chi connectivity index (χ1v) is 10.2. The average Bonchev–Trinajstić information content (AvgIpc) is 2.78. The summed E-state index contributed by atoms with van der Waals surface area (Å²) >= 11 is 1.77. The SMILES string of the molecule is O=C(C1=Cc2ccccc2SC1c1cccc2ccccc12)c1ccccc1. The largest absolute Gasteiger partial charge is 0.289 e. The fourth-order valence-corrected chi connectivity index (χ4v) is 5.10. The van der Waals surface area contributed by atoms with E-state index in [4.69, 9.17) is 0 Å². The Hall–Kier alpha value is -3.10. The number of rotatable bonds is 3. The third-order valence-electron chi connectivity index (χ3n) is 5.16. The molecule has 4 aromatic rings. The van der Waals surface area contributed by atoms with Crippen molar-refractivity contribution in [2.24, 2.45) is 0 Å². The quantitative estimate of drug-likeness (QED) is 0.359. The molecule has 0 aliphatic carbocycles. The zero-order valence-corrected chi connectivity index (χ0v) is 16.0. The summed E-state index contributed by atoms with van der Waals surface area (Å²) in [6.07, 6.45) is 2.08. The Morgan fingerprint density at radius 2 is 1.43 bits per heavy atom. The molecule has 1 heterocycles. The van der Waals surface area contributed by atoms with Gasteiger partial charge in [0.15, 0.2) is 5.78 Å². The maximum atomic E-state index is 13.4. The molecule has 0 fully saturated rings. The molecule has 134 valence electrons. The summed E-state index contributed by atoms with van der Waals surface area (Å²) in [5.74, 6) is 0.0977. The molecule has 4 aromatic carbocycles. The molecule has 0 spiro atoms. The molecule has 1 atom stereocenters. The van der Waals surface area contributed by atoms with Gasteiger partial charge in [-0.1, -0.05) is 91.0 Å². The molecule has 1 unspecified atom stereocenters. The second kappa shape index (κ2) is 7.14. The Balaban J connectivity index is 1.70. The summed E-state index contributed by atoms with van der Waals surface area (Å²) in [4.78, 5) is 14.7. The number of hydrogen-bond donors (Lipinski definition) is 0. The van der Waals surface area contributed by atoms with E-state index in [0.29, 0.717) is 0 Å². The van der Waals surface area contributed by atoms with E-state index in [9.17, 15) is 4.79 Å². The van der Waals surface area contributed by atoms with Crippen LogP contribution in [-0.2, 0) is 0 Å². The standard InChI is InChI=1S/C26H18OS/c27-25(19-10-2-1-3-11-19)23-17-20-12-5-7-16-24(20)28-26(23)22-15-8-13-18-9-4-6-14-21(18)22/h1-17,26H. The van der Waals surface area contributed by atoms with Gasteiger partial charge in [-0.25, -0.2) is 0 Å². The fourth-order valence-electron chi connectivity index (χ4n) is 3.79. The molecule has 0 radical (unpaired) electrons. The molecule has 1 nitrogen and oxygen atoms in total. The molecule has 0 N–H and O–H groups in total. The molecule has 0 saturated carbocycles. The van der Waals surface area contributed by atoms with E-state index in [1.807, 2.05) is 36.4 Å². The van der Waals surface area contributed by atoms with E-state index in [0.717, 1.165) is 16.7 Å². The van der Waals surface area contributed by atoms with Gasteiger partial charge >= 0.3 is 0 Å². The van der Waals surface area contributed by atoms with Gasteiger partial charge < -0.3 is 0 Å². The van der Waals surface area contributed by atoms with E-state index >= 15 is 0 Å². The van der Waals surface area contributed by atoms with Crippen molar-refractivity contribution >= 4 is 34.4 Å². The lowest BCUT2D eigenvalue weighted by molar-refractivity contribution is 0.103. The van der Waals surface area contributed by atoms with Crippen LogP contribution in [0, 0.1) is 0 Å². The summed E-state index contributed by atoms with van der Waals surface area (Å²) in [6.45, 7) is 0. The normalized spacial score (nSPS) is 15.7. The summed E-state index contributed by atoms with van der Waals surface area (Å²) < 4.78 is 0. The van der Waals surface area contributed by atoms with Crippen LogP contribution < -0.4 is 0 Å². The Labute approximate surface area is 168 Å². The first-order valence-electron chi connectivity index (χ1n) is 9.36. The molecule has 1 aliphatic rings. The zero-order valence-electron chi connectivity index (χ0n) is 15.2. The first-order chi connectivity index (χ1) is 13.8. The number of benzene rings is 4. The molecule has 0 aromatic heterocycles. The number of hydrogen-bond acceptors (Lipinski definition) is 2. The van der Waals surface area contributed by atoms with Crippen LogP contribution in [0.25, 0.3) is 16.8 Å². The first kappa shape index (κ1) is 17.0. The van der Waals surface area contributed by atoms with Crippen molar-refractivity contribution in [2.75, 3.05) is 0 Å². The minimum absolute atomic E-state index is 0.0336. The second-order valence-electron chi connectivity index (χ2n) is 6.90. The predicted octanol–water partition coefficient (Wildman–Crippen LogP) is 6.95. The van der Waals surface area contributed by atoms with Crippen molar-refractivity contribution in [2.45, 2.75) is 10.1 Å². The van der Waals surface area contributed by atoms with E-state index < -0.39 is 0 Å². The highest BCUT2D eigenvalue weighted by Crippen LogP contribution is 2.49. The van der Waals surface area contributed by atoms with Gasteiger partial charge in [0.05, 0.1) is 5.25 Å². The molecule has 28 heavy (non-hydrogen) atoms. The van der Waals surface area contributed by atoms with E-state index in [-0.39, 0.29) is 11.0 Å². The molecule has 0 amide bonds. The highest BCUT2D eigenvalue weighted by atomic mass is 32.2. The van der Waals surface area contributed by atoms with Crippen molar-refractivity contribution in [3.63, 3.8) is 0 Å². The van der Waals surface area contributed by atoms with Crippen molar-refractivity contribution in [1.82, 2.24) is 0 Å². The summed E-state index contributed by atoms with van der Waals surface area (Å²) in [6, 6.07) is 32.7. The predicted molar refractivity (Wildman–Crippen MR) is 118 cm³/mol. The van der Waals surface area contributed by atoms with Gasteiger partial charge in [-0.2, -0.15) is 0 Å². The Bertz CT molecular complexity index is 1200. The molecule has 0 saturated heterocycles. The minimum Gasteiger partial charge on any atom is -0.289 e. The number of Topliss-reactive ketones (excluding diaryl/α,β-unsaturated/α-hetero) is 1. The van der Waals surface area contributed by atoms with Crippen LogP contribution in [-0.4, -0.2) is 5.78 Å². The topological polar surface area (TPSA) is 17.1 Å². The monoisotopic (exact) mass is 378 g/mol. The van der Waals surface area contributed by atoms with Crippen LogP contribution in [0.15, 0.2) is 108 Å². The molecular weight excluding hydrogens is 360 g/mol. The lowest BCUT2D eigenvalue weighted by Crippen LogP contribution is -2.13. The van der Waals surface area contributed by atoms with Crippen molar-refractivity contribution < 1.29 is 4.79 Å². The summed E-state index contributed by atoms with van der Waals surface area (Å²) in [5, 5.41) is 2.37. The van der Waals surface area contributed by atoms with Crippen molar-refractivity contribution in [3.05, 3.63) is 119 Å². The lowest BCUT2D eigenvalue weighted by atomic mass is 9.91. The molecule has 0 bridgehead atoms. The third kappa shape index (κ3) is 2.96. The van der Waals surface area contributed by atoms with Crippen LogP contribution in [0.2, 0.25) is 0 Å². The minimum atomic E-state index is -0.0336. The summed E-state index contributed by atoms with van der Waals surface area (Å²) in [5.41, 5.74) is 3.88. The van der Waals surface area contributed by atoms with E-state index in [1.54, 1.807) is 11.8 Å². The Kier molecular flexibility index (Phi) is 4.34. The number of carbonyl (C=O) groups excluding carboxylic acids is 1. The van der Waals surface area contributed by atoms with Gasteiger partial charge in [0.25, 0.3) is 0 Å². The van der Waals surface area contributed by atoms with E-state index in [2.05, 4.69) is 66.7 Å². The van der Waals surface area contributed by atoms with Gasteiger partial charge in [0, 0.05) is 16.0 Å². The average molecular weight is 378 g/mol. The van der Waals surface area contributed by atoms with Crippen LogP contribution in [0.3, 0.4) is 0 Å². The third-order valence-corrected chi connectivity index (χ3v) is 6.53. The molecule has 5 rings (SSSR count). The van der Waals surface area contributed by atoms with Gasteiger partial charge in [-0.05, 0) is 34.0 Å². The number of fused-ring (bicyclic) bond motifs is 2.